The minimum Gasteiger partial charge on any atom is -0.271 e. The van der Waals surface area contributed by atoms with E-state index in [1.807, 2.05) is 0 Å². The zero-order chi connectivity index (χ0) is 14.4. The number of hydrogen-bond acceptors (Lipinski definition) is 2. The zero-order valence-corrected chi connectivity index (χ0v) is 13.7. The van der Waals surface area contributed by atoms with Gasteiger partial charge >= 0.3 is 0 Å². The molecular weight excluding hydrogens is 244 g/mol. The van der Waals surface area contributed by atoms with Gasteiger partial charge in [-0.15, -0.1) is 0 Å². The molecule has 3 N–H and O–H groups in total. The van der Waals surface area contributed by atoms with Crippen LogP contribution in [0.1, 0.15) is 84.5 Å². The Morgan fingerprint density at radius 3 is 2.40 bits per heavy atom. The summed E-state index contributed by atoms with van der Waals surface area (Å²) in [5, 5.41) is 0. The van der Waals surface area contributed by atoms with Crippen LogP contribution in [-0.2, 0) is 0 Å². The molecule has 118 valence electrons. The molecule has 20 heavy (non-hydrogen) atoms. The quantitative estimate of drug-likeness (QED) is 0.549. The highest BCUT2D eigenvalue weighted by atomic mass is 15.2. The SMILES string of the molecule is CCCCC1CCC(C(NN)C2CCCC(C)C2)CC1. The first-order chi connectivity index (χ1) is 9.74. The van der Waals surface area contributed by atoms with E-state index in [0.717, 1.165) is 23.7 Å². The average Bonchev–Trinajstić information content (AvgIpc) is 2.47. The van der Waals surface area contributed by atoms with Crippen LogP contribution in [0.15, 0.2) is 0 Å². The van der Waals surface area contributed by atoms with Crippen molar-refractivity contribution >= 4 is 0 Å². The lowest BCUT2D eigenvalue weighted by Gasteiger charge is -2.40. The van der Waals surface area contributed by atoms with Crippen LogP contribution >= 0.6 is 0 Å². The van der Waals surface area contributed by atoms with E-state index in [0.29, 0.717) is 6.04 Å². The fourth-order valence-electron chi connectivity index (χ4n) is 4.79. The molecule has 2 heteroatoms. The molecule has 0 aromatic carbocycles. The van der Waals surface area contributed by atoms with Gasteiger partial charge in [0.1, 0.15) is 0 Å². The van der Waals surface area contributed by atoms with Gasteiger partial charge in [0, 0.05) is 6.04 Å². The topological polar surface area (TPSA) is 38.0 Å². The van der Waals surface area contributed by atoms with Gasteiger partial charge in [-0.05, 0) is 49.4 Å². The second-order valence-electron chi connectivity index (χ2n) is 7.65. The van der Waals surface area contributed by atoms with Crippen molar-refractivity contribution < 1.29 is 0 Å². The van der Waals surface area contributed by atoms with E-state index in [1.54, 1.807) is 0 Å². The van der Waals surface area contributed by atoms with Crippen LogP contribution < -0.4 is 11.3 Å². The Hall–Kier alpha value is -0.0800. The van der Waals surface area contributed by atoms with Gasteiger partial charge in [-0.25, -0.2) is 0 Å². The molecule has 2 saturated carbocycles. The molecule has 3 atom stereocenters. The van der Waals surface area contributed by atoms with Gasteiger partial charge in [-0.2, -0.15) is 0 Å². The lowest BCUT2D eigenvalue weighted by atomic mass is 9.69. The molecule has 0 bridgehead atoms. The summed E-state index contributed by atoms with van der Waals surface area (Å²) in [7, 11) is 0. The molecule has 2 nitrogen and oxygen atoms in total. The largest absolute Gasteiger partial charge is 0.271 e. The Bertz CT molecular complexity index is 258. The Morgan fingerprint density at radius 1 is 1.05 bits per heavy atom. The molecule has 2 aliphatic rings. The number of nitrogens with one attached hydrogen (secondary N) is 1. The summed E-state index contributed by atoms with van der Waals surface area (Å²) >= 11 is 0. The zero-order valence-electron chi connectivity index (χ0n) is 13.7. The van der Waals surface area contributed by atoms with Gasteiger partial charge in [0.25, 0.3) is 0 Å². The van der Waals surface area contributed by atoms with E-state index in [2.05, 4.69) is 19.3 Å². The highest BCUT2D eigenvalue weighted by Crippen LogP contribution is 2.39. The smallest absolute Gasteiger partial charge is 0.0267 e. The summed E-state index contributed by atoms with van der Waals surface area (Å²) in [5.74, 6) is 9.54. The van der Waals surface area contributed by atoms with Crippen molar-refractivity contribution in [3.63, 3.8) is 0 Å². The lowest BCUT2D eigenvalue weighted by Crippen LogP contribution is -2.48. The average molecular weight is 280 g/mol. The Balaban J connectivity index is 1.80. The van der Waals surface area contributed by atoms with E-state index in [4.69, 9.17) is 5.84 Å². The van der Waals surface area contributed by atoms with Crippen LogP contribution in [0.3, 0.4) is 0 Å². The standard InChI is InChI=1S/C18H36N2/c1-3-4-7-15-9-11-16(12-10-15)18(20-19)17-8-5-6-14(2)13-17/h14-18,20H,3-13,19H2,1-2H3. The summed E-state index contributed by atoms with van der Waals surface area (Å²) in [6, 6.07) is 0.588. The molecule has 0 aromatic rings. The molecule has 0 radical (unpaired) electrons. The summed E-state index contributed by atoms with van der Waals surface area (Å²) < 4.78 is 0. The van der Waals surface area contributed by atoms with Crippen LogP contribution in [0.5, 0.6) is 0 Å². The summed E-state index contributed by atoms with van der Waals surface area (Å²) in [6.45, 7) is 4.73. The molecule has 2 rings (SSSR count). The van der Waals surface area contributed by atoms with Crippen molar-refractivity contribution in [2.45, 2.75) is 90.5 Å². The highest BCUT2D eigenvalue weighted by Gasteiger charge is 2.33. The van der Waals surface area contributed by atoms with Gasteiger partial charge < -0.3 is 0 Å². The number of hydrogen-bond donors (Lipinski definition) is 2. The Kier molecular flexibility index (Phi) is 6.83. The minimum absolute atomic E-state index is 0.588. The molecular formula is C18H36N2. The molecule has 0 spiro atoms. The van der Waals surface area contributed by atoms with E-state index < -0.39 is 0 Å². The Morgan fingerprint density at radius 2 is 1.80 bits per heavy atom. The first-order valence-electron chi connectivity index (χ1n) is 9.20. The second kappa shape index (κ2) is 8.38. The van der Waals surface area contributed by atoms with Crippen molar-refractivity contribution in [1.82, 2.24) is 5.43 Å². The van der Waals surface area contributed by atoms with Crippen molar-refractivity contribution in [2.75, 3.05) is 0 Å². The van der Waals surface area contributed by atoms with Crippen molar-refractivity contribution in [3.8, 4) is 0 Å². The normalized spacial score (nSPS) is 36.8. The maximum atomic E-state index is 5.94. The molecule has 0 aromatic heterocycles. The van der Waals surface area contributed by atoms with Gasteiger partial charge in [0.2, 0.25) is 0 Å². The maximum absolute atomic E-state index is 5.94. The molecule has 0 saturated heterocycles. The van der Waals surface area contributed by atoms with Crippen molar-refractivity contribution in [3.05, 3.63) is 0 Å². The fourth-order valence-corrected chi connectivity index (χ4v) is 4.79. The molecule has 3 unspecified atom stereocenters. The van der Waals surface area contributed by atoms with Crippen LogP contribution in [0.25, 0.3) is 0 Å². The summed E-state index contributed by atoms with van der Waals surface area (Å²) in [5.41, 5.74) is 3.22. The summed E-state index contributed by atoms with van der Waals surface area (Å²) in [4.78, 5) is 0. The number of unbranched alkanes of at least 4 members (excludes halogenated alkanes) is 1. The molecule has 0 aliphatic heterocycles. The van der Waals surface area contributed by atoms with Gasteiger partial charge in [-0.3, -0.25) is 11.3 Å². The molecule has 2 fully saturated rings. The predicted octanol–water partition coefficient (Wildman–Crippen LogP) is 4.64. The number of nitrogens with two attached hydrogens (primary N) is 1. The third kappa shape index (κ3) is 4.46. The van der Waals surface area contributed by atoms with Crippen LogP contribution in [-0.4, -0.2) is 6.04 Å². The van der Waals surface area contributed by atoms with E-state index in [-0.39, 0.29) is 0 Å². The van der Waals surface area contributed by atoms with Gasteiger partial charge in [-0.1, -0.05) is 58.8 Å². The second-order valence-corrected chi connectivity index (χ2v) is 7.65. The van der Waals surface area contributed by atoms with E-state index in [9.17, 15) is 0 Å². The van der Waals surface area contributed by atoms with Crippen LogP contribution in [0.2, 0.25) is 0 Å². The first-order valence-corrected chi connectivity index (χ1v) is 9.20. The fraction of sp³-hybridized carbons (Fsp3) is 1.00. The van der Waals surface area contributed by atoms with Crippen LogP contribution in [0, 0.1) is 23.7 Å². The monoisotopic (exact) mass is 280 g/mol. The van der Waals surface area contributed by atoms with Gasteiger partial charge in [0.15, 0.2) is 0 Å². The van der Waals surface area contributed by atoms with Gasteiger partial charge in [0.05, 0.1) is 0 Å². The predicted molar refractivity (Wildman–Crippen MR) is 87.2 cm³/mol. The molecule has 0 amide bonds. The van der Waals surface area contributed by atoms with Crippen LogP contribution in [0.4, 0.5) is 0 Å². The van der Waals surface area contributed by atoms with E-state index >= 15 is 0 Å². The third-order valence-corrected chi connectivity index (χ3v) is 6.04. The van der Waals surface area contributed by atoms with Crippen molar-refractivity contribution in [1.29, 1.82) is 0 Å². The van der Waals surface area contributed by atoms with E-state index in [1.165, 1.54) is 70.6 Å². The third-order valence-electron chi connectivity index (χ3n) is 6.04. The maximum Gasteiger partial charge on any atom is 0.0267 e. The van der Waals surface area contributed by atoms with Crippen molar-refractivity contribution in [2.24, 2.45) is 29.5 Å². The lowest BCUT2D eigenvalue weighted by molar-refractivity contribution is 0.134. The molecule has 0 heterocycles. The highest BCUT2D eigenvalue weighted by molar-refractivity contribution is 4.88. The summed E-state index contributed by atoms with van der Waals surface area (Å²) in [6.07, 6.45) is 15.6. The number of rotatable bonds is 6. The minimum atomic E-state index is 0.588. The number of hydrazine groups is 1. The first kappa shape index (κ1) is 16.3. The Labute approximate surface area is 126 Å². The molecule has 2 aliphatic carbocycles.